The summed E-state index contributed by atoms with van der Waals surface area (Å²) in [5, 5.41) is -1.34. The summed E-state index contributed by atoms with van der Waals surface area (Å²) in [6.45, 7) is 0.316. The van der Waals surface area contributed by atoms with Gasteiger partial charge in [-0.05, 0) is 47.0 Å². The average molecular weight is 309 g/mol. The second kappa shape index (κ2) is 6.55. The zero-order valence-electron chi connectivity index (χ0n) is 10.3. The highest BCUT2D eigenvalue weighted by Gasteiger charge is 2.11. The standard InChI is InChI=1S/C15H10Cl2O3/c16-14(18)11-6-12(15(17)19)8-13(7-11)20-9-10-4-2-1-3-5-10/h1-8H,9H2. The number of halogens is 2. The molecular formula is C15H10Cl2O3. The molecule has 0 spiro atoms. The van der Waals surface area contributed by atoms with Gasteiger partial charge in [0, 0.05) is 11.1 Å². The van der Waals surface area contributed by atoms with Crippen molar-refractivity contribution in [3.63, 3.8) is 0 Å². The third-order valence-electron chi connectivity index (χ3n) is 2.61. The molecule has 0 atom stereocenters. The van der Waals surface area contributed by atoms with Crippen molar-refractivity contribution in [1.82, 2.24) is 0 Å². The fourth-order valence-corrected chi connectivity index (χ4v) is 1.87. The van der Waals surface area contributed by atoms with Gasteiger partial charge in [0.1, 0.15) is 12.4 Å². The molecule has 0 bridgehead atoms. The minimum absolute atomic E-state index is 0.168. The third kappa shape index (κ3) is 3.83. The third-order valence-corrected chi connectivity index (χ3v) is 3.05. The molecule has 0 fully saturated rings. The van der Waals surface area contributed by atoms with Crippen LogP contribution in [-0.4, -0.2) is 10.5 Å². The number of hydrogen-bond donors (Lipinski definition) is 0. The summed E-state index contributed by atoms with van der Waals surface area (Å²) in [6.07, 6.45) is 0. The summed E-state index contributed by atoms with van der Waals surface area (Å²) in [4.78, 5) is 22.4. The SMILES string of the molecule is O=C(Cl)c1cc(OCc2ccccc2)cc(C(=O)Cl)c1. The van der Waals surface area contributed by atoms with Crippen molar-refractivity contribution < 1.29 is 14.3 Å². The minimum atomic E-state index is -0.672. The van der Waals surface area contributed by atoms with Gasteiger partial charge in [0.15, 0.2) is 0 Å². The van der Waals surface area contributed by atoms with E-state index in [9.17, 15) is 9.59 Å². The van der Waals surface area contributed by atoms with Crippen LogP contribution < -0.4 is 4.74 Å². The van der Waals surface area contributed by atoms with Crippen LogP contribution in [0.2, 0.25) is 0 Å². The van der Waals surface area contributed by atoms with E-state index < -0.39 is 10.5 Å². The first-order chi connectivity index (χ1) is 9.56. The van der Waals surface area contributed by atoms with Crippen LogP contribution in [-0.2, 0) is 6.61 Å². The van der Waals surface area contributed by atoms with Gasteiger partial charge in [-0.25, -0.2) is 0 Å². The van der Waals surface area contributed by atoms with Crippen molar-refractivity contribution in [1.29, 1.82) is 0 Å². The Labute approximate surface area is 126 Å². The number of carbonyl (C=O) groups is 2. The van der Waals surface area contributed by atoms with Crippen molar-refractivity contribution in [2.45, 2.75) is 6.61 Å². The molecular weight excluding hydrogens is 299 g/mol. The van der Waals surface area contributed by atoms with E-state index in [0.29, 0.717) is 12.4 Å². The molecule has 3 nitrogen and oxygen atoms in total. The quantitative estimate of drug-likeness (QED) is 0.783. The van der Waals surface area contributed by atoms with Crippen molar-refractivity contribution >= 4 is 33.7 Å². The van der Waals surface area contributed by atoms with Crippen LogP contribution in [0.5, 0.6) is 5.75 Å². The lowest BCUT2D eigenvalue weighted by Crippen LogP contribution is -2.00. The molecule has 0 N–H and O–H groups in total. The number of ether oxygens (including phenoxy) is 1. The normalized spacial score (nSPS) is 10.1. The molecule has 0 aliphatic rings. The van der Waals surface area contributed by atoms with Crippen LogP contribution in [0.3, 0.4) is 0 Å². The summed E-state index contributed by atoms with van der Waals surface area (Å²) in [6, 6.07) is 13.8. The van der Waals surface area contributed by atoms with E-state index in [0.717, 1.165) is 5.56 Å². The Morgan fingerprint density at radius 3 is 1.95 bits per heavy atom. The van der Waals surface area contributed by atoms with Gasteiger partial charge in [0.25, 0.3) is 10.5 Å². The summed E-state index contributed by atoms with van der Waals surface area (Å²) in [5.41, 5.74) is 1.30. The van der Waals surface area contributed by atoms with Gasteiger partial charge in [0.2, 0.25) is 0 Å². The molecule has 102 valence electrons. The maximum Gasteiger partial charge on any atom is 0.252 e. The highest BCUT2D eigenvalue weighted by atomic mass is 35.5. The fourth-order valence-electron chi connectivity index (χ4n) is 1.65. The topological polar surface area (TPSA) is 43.4 Å². The minimum Gasteiger partial charge on any atom is -0.489 e. The molecule has 0 saturated carbocycles. The first kappa shape index (κ1) is 14.6. The summed E-state index contributed by atoms with van der Waals surface area (Å²) in [7, 11) is 0. The molecule has 0 aromatic heterocycles. The van der Waals surface area contributed by atoms with Crippen LogP contribution in [0.1, 0.15) is 26.3 Å². The van der Waals surface area contributed by atoms with Gasteiger partial charge in [-0.1, -0.05) is 30.3 Å². The highest BCUT2D eigenvalue weighted by Crippen LogP contribution is 2.21. The lowest BCUT2D eigenvalue weighted by atomic mass is 10.1. The van der Waals surface area contributed by atoms with Crippen molar-refractivity contribution in [3.05, 3.63) is 65.2 Å². The zero-order chi connectivity index (χ0) is 14.5. The van der Waals surface area contributed by atoms with E-state index in [4.69, 9.17) is 27.9 Å². The lowest BCUT2D eigenvalue weighted by Gasteiger charge is -2.08. The largest absolute Gasteiger partial charge is 0.489 e. The van der Waals surface area contributed by atoms with Gasteiger partial charge in [-0.3, -0.25) is 9.59 Å². The van der Waals surface area contributed by atoms with Crippen LogP contribution in [0, 0.1) is 0 Å². The van der Waals surface area contributed by atoms with E-state index in [1.165, 1.54) is 18.2 Å². The Kier molecular flexibility index (Phi) is 4.77. The predicted octanol–water partition coefficient (Wildman–Crippen LogP) is 4.02. The fraction of sp³-hybridized carbons (Fsp3) is 0.0667. The molecule has 2 aromatic rings. The van der Waals surface area contributed by atoms with Gasteiger partial charge >= 0.3 is 0 Å². The Bertz CT molecular complexity index is 607. The van der Waals surface area contributed by atoms with Crippen LogP contribution in [0.15, 0.2) is 48.5 Å². The first-order valence-corrected chi connectivity index (χ1v) is 6.53. The van der Waals surface area contributed by atoms with Crippen LogP contribution in [0.4, 0.5) is 0 Å². The molecule has 0 heterocycles. The molecule has 0 radical (unpaired) electrons. The number of hydrogen-bond acceptors (Lipinski definition) is 3. The van der Waals surface area contributed by atoms with Crippen LogP contribution >= 0.6 is 23.2 Å². The predicted molar refractivity (Wildman–Crippen MR) is 77.6 cm³/mol. The number of benzene rings is 2. The van der Waals surface area contributed by atoms with Gasteiger partial charge in [-0.15, -0.1) is 0 Å². The maximum absolute atomic E-state index is 11.2. The number of rotatable bonds is 5. The molecule has 5 heteroatoms. The molecule has 20 heavy (non-hydrogen) atoms. The van der Waals surface area contributed by atoms with E-state index in [1.807, 2.05) is 30.3 Å². The van der Waals surface area contributed by atoms with Gasteiger partial charge in [-0.2, -0.15) is 0 Å². The number of carbonyl (C=O) groups excluding carboxylic acids is 2. The molecule has 2 rings (SSSR count). The monoisotopic (exact) mass is 308 g/mol. The second-order valence-corrected chi connectivity index (χ2v) is 4.75. The van der Waals surface area contributed by atoms with E-state index in [1.54, 1.807) is 0 Å². The Hall–Kier alpha value is -1.84. The van der Waals surface area contributed by atoms with Crippen molar-refractivity contribution in [2.24, 2.45) is 0 Å². The lowest BCUT2D eigenvalue weighted by molar-refractivity contribution is 0.108. The molecule has 0 aliphatic heterocycles. The van der Waals surface area contributed by atoms with E-state index in [2.05, 4.69) is 0 Å². The highest BCUT2D eigenvalue weighted by molar-refractivity contribution is 6.69. The summed E-state index contributed by atoms with van der Waals surface area (Å²) < 4.78 is 5.55. The van der Waals surface area contributed by atoms with Crippen molar-refractivity contribution in [3.8, 4) is 5.75 Å². The second-order valence-electron chi connectivity index (χ2n) is 4.07. The zero-order valence-corrected chi connectivity index (χ0v) is 11.8. The smallest absolute Gasteiger partial charge is 0.252 e. The Balaban J connectivity index is 2.22. The van der Waals surface area contributed by atoms with Gasteiger partial charge < -0.3 is 4.74 Å². The van der Waals surface area contributed by atoms with Crippen molar-refractivity contribution in [2.75, 3.05) is 0 Å². The molecule has 0 unspecified atom stereocenters. The Morgan fingerprint density at radius 1 is 0.900 bits per heavy atom. The molecule has 0 saturated heterocycles. The van der Waals surface area contributed by atoms with E-state index in [-0.39, 0.29) is 11.1 Å². The molecule has 2 aromatic carbocycles. The summed E-state index contributed by atoms with van der Waals surface area (Å²) >= 11 is 10.8. The average Bonchev–Trinajstić information content (AvgIpc) is 2.45. The Morgan fingerprint density at radius 2 is 1.45 bits per heavy atom. The molecule has 0 aliphatic carbocycles. The first-order valence-electron chi connectivity index (χ1n) is 5.78. The van der Waals surface area contributed by atoms with Crippen LogP contribution in [0.25, 0.3) is 0 Å². The van der Waals surface area contributed by atoms with Gasteiger partial charge in [0.05, 0.1) is 0 Å². The maximum atomic E-state index is 11.2. The summed E-state index contributed by atoms with van der Waals surface area (Å²) in [5.74, 6) is 0.365. The molecule has 0 amide bonds. The van der Waals surface area contributed by atoms with E-state index >= 15 is 0 Å².